The van der Waals surface area contributed by atoms with Gasteiger partial charge in [-0.1, -0.05) is 0 Å². The zero-order valence-corrected chi connectivity index (χ0v) is 10.6. The van der Waals surface area contributed by atoms with Crippen molar-refractivity contribution in [2.24, 2.45) is 4.99 Å². The molecule has 0 aliphatic heterocycles. The monoisotopic (exact) mass is 226 g/mol. The van der Waals surface area contributed by atoms with Crippen molar-refractivity contribution in [3.05, 3.63) is 16.1 Å². The van der Waals surface area contributed by atoms with E-state index in [2.05, 4.69) is 32.5 Å². The Morgan fingerprint density at radius 3 is 2.87 bits per heavy atom. The number of rotatable bonds is 3. The number of nitrogens with zero attached hydrogens (tertiary/aromatic N) is 3. The molecule has 5 heteroatoms. The van der Waals surface area contributed by atoms with E-state index < -0.39 is 0 Å². The minimum Gasteiger partial charge on any atom is -0.357 e. The molecule has 15 heavy (non-hydrogen) atoms. The van der Waals surface area contributed by atoms with Crippen LogP contribution in [0.4, 0.5) is 0 Å². The third-order valence-corrected chi connectivity index (χ3v) is 2.80. The van der Waals surface area contributed by atoms with Crippen LogP contribution in [0.5, 0.6) is 0 Å². The van der Waals surface area contributed by atoms with Crippen molar-refractivity contribution in [1.29, 1.82) is 0 Å². The largest absolute Gasteiger partial charge is 0.357 e. The molecule has 0 aromatic carbocycles. The topological polar surface area (TPSA) is 40.5 Å². The van der Waals surface area contributed by atoms with Gasteiger partial charge < -0.3 is 10.2 Å². The Kier molecular flexibility index (Phi) is 4.55. The van der Waals surface area contributed by atoms with Crippen LogP contribution in [-0.2, 0) is 6.54 Å². The SMILES string of the molecule is CCNC(=NC)N(C)Cc1csc(C)n1. The summed E-state index contributed by atoms with van der Waals surface area (Å²) in [5.41, 5.74) is 1.10. The van der Waals surface area contributed by atoms with E-state index in [-0.39, 0.29) is 0 Å². The standard InChI is InChI=1S/C10H18N4S/c1-5-12-10(11-3)14(4)6-9-7-15-8(2)13-9/h7H,5-6H2,1-4H3,(H,11,12). The lowest BCUT2D eigenvalue weighted by Crippen LogP contribution is -2.38. The summed E-state index contributed by atoms with van der Waals surface area (Å²) in [6.45, 7) is 5.76. The maximum Gasteiger partial charge on any atom is 0.193 e. The Labute approximate surface area is 95.1 Å². The number of aromatic nitrogens is 1. The van der Waals surface area contributed by atoms with E-state index in [1.807, 2.05) is 14.0 Å². The van der Waals surface area contributed by atoms with Gasteiger partial charge >= 0.3 is 0 Å². The molecule has 4 nitrogen and oxygen atoms in total. The molecule has 1 N–H and O–H groups in total. The highest BCUT2D eigenvalue weighted by molar-refractivity contribution is 7.09. The summed E-state index contributed by atoms with van der Waals surface area (Å²) in [6.07, 6.45) is 0. The van der Waals surface area contributed by atoms with Gasteiger partial charge in [-0.3, -0.25) is 4.99 Å². The lowest BCUT2D eigenvalue weighted by Gasteiger charge is -2.20. The molecule has 0 saturated heterocycles. The van der Waals surface area contributed by atoms with Crippen molar-refractivity contribution in [2.75, 3.05) is 20.6 Å². The first-order valence-electron chi connectivity index (χ1n) is 5.00. The van der Waals surface area contributed by atoms with Gasteiger partial charge in [0.25, 0.3) is 0 Å². The summed E-state index contributed by atoms with van der Waals surface area (Å²) in [6, 6.07) is 0. The van der Waals surface area contributed by atoms with Gasteiger partial charge in [-0.25, -0.2) is 4.98 Å². The van der Waals surface area contributed by atoms with Gasteiger partial charge in [0, 0.05) is 26.0 Å². The molecule has 0 fully saturated rings. The Hall–Kier alpha value is -1.10. The van der Waals surface area contributed by atoms with E-state index >= 15 is 0 Å². The maximum absolute atomic E-state index is 4.42. The van der Waals surface area contributed by atoms with Crippen molar-refractivity contribution in [1.82, 2.24) is 15.2 Å². The number of nitrogens with one attached hydrogen (secondary N) is 1. The third kappa shape index (κ3) is 3.51. The van der Waals surface area contributed by atoms with Gasteiger partial charge in [0.2, 0.25) is 0 Å². The Morgan fingerprint density at radius 1 is 1.67 bits per heavy atom. The summed E-state index contributed by atoms with van der Waals surface area (Å²) in [5.74, 6) is 0.906. The van der Waals surface area contributed by atoms with Crippen LogP contribution in [0.1, 0.15) is 17.6 Å². The molecule has 0 radical (unpaired) electrons. The minimum absolute atomic E-state index is 0.796. The summed E-state index contributed by atoms with van der Waals surface area (Å²) in [4.78, 5) is 10.7. The van der Waals surface area contributed by atoms with Crippen molar-refractivity contribution in [3.8, 4) is 0 Å². The molecule has 0 aliphatic carbocycles. The van der Waals surface area contributed by atoms with Crippen molar-refractivity contribution in [2.45, 2.75) is 20.4 Å². The van der Waals surface area contributed by atoms with Crippen molar-refractivity contribution in [3.63, 3.8) is 0 Å². The van der Waals surface area contributed by atoms with E-state index in [0.717, 1.165) is 29.8 Å². The Bertz CT molecular complexity index is 332. The molecule has 1 aromatic heterocycles. The summed E-state index contributed by atoms with van der Waals surface area (Å²) in [5, 5.41) is 6.41. The number of aliphatic imine (C=N–C) groups is 1. The molecular weight excluding hydrogens is 208 g/mol. The van der Waals surface area contributed by atoms with Gasteiger partial charge in [-0.15, -0.1) is 11.3 Å². The first kappa shape index (κ1) is 12.0. The highest BCUT2D eigenvalue weighted by atomic mass is 32.1. The van der Waals surface area contributed by atoms with Crippen molar-refractivity contribution < 1.29 is 0 Å². The Balaban J connectivity index is 2.57. The first-order chi connectivity index (χ1) is 7.17. The summed E-state index contributed by atoms with van der Waals surface area (Å²) < 4.78 is 0. The average molecular weight is 226 g/mol. The zero-order chi connectivity index (χ0) is 11.3. The van der Waals surface area contributed by atoms with Crippen LogP contribution < -0.4 is 5.32 Å². The molecule has 0 spiro atoms. The zero-order valence-electron chi connectivity index (χ0n) is 9.74. The van der Waals surface area contributed by atoms with E-state index in [1.165, 1.54) is 0 Å². The molecule has 0 bridgehead atoms. The second-order valence-corrected chi connectivity index (χ2v) is 4.35. The predicted octanol–water partition coefficient (Wildman–Crippen LogP) is 1.48. The van der Waals surface area contributed by atoms with Gasteiger partial charge in [0.1, 0.15) is 0 Å². The van der Waals surface area contributed by atoms with E-state index in [1.54, 1.807) is 18.4 Å². The van der Waals surface area contributed by atoms with Crippen LogP contribution in [-0.4, -0.2) is 36.5 Å². The molecule has 1 aromatic rings. The lowest BCUT2D eigenvalue weighted by atomic mass is 10.4. The fraction of sp³-hybridized carbons (Fsp3) is 0.600. The van der Waals surface area contributed by atoms with E-state index in [0.29, 0.717) is 0 Å². The van der Waals surface area contributed by atoms with Crippen LogP contribution in [0.2, 0.25) is 0 Å². The maximum atomic E-state index is 4.42. The quantitative estimate of drug-likeness (QED) is 0.627. The highest BCUT2D eigenvalue weighted by Crippen LogP contribution is 2.09. The molecule has 0 aliphatic rings. The smallest absolute Gasteiger partial charge is 0.193 e. The van der Waals surface area contributed by atoms with Gasteiger partial charge in [-0.2, -0.15) is 0 Å². The number of guanidine groups is 1. The second-order valence-electron chi connectivity index (χ2n) is 3.29. The molecular formula is C10H18N4S. The Morgan fingerprint density at radius 2 is 2.40 bits per heavy atom. The molecule has 1 rings (SSSR count). The lowest BCUT2D eigenvalue weighted by molar-refractivity contribution is 0.473. The minimum atomic E-state index is 0.796. The highest BCUT2D eigenvalue weighted by Gasteiger charge is 2.07. The summed E-state index contributed by atoms with van der Waals surface area (Å²) in [7, 11) is 3.81. The van der Waals surface area contributed by atoms with E-state index in [4.69, 9.17) is 0 Å². The van der Waals surface area contributed by atoms with Crippen LogP contribution in [0.3, 0.4) is 0 Å². The van der Waals surface area contributed by atoms with Crippen LogP contribution in [0.15, 0.2) is 10.4 Å². The fourth-order valence-corrected chi connectivity index (χ4v) is 1.95. The molecule has 0 saturated carbocycles. The average Bonchev–Trinajstić information content (AvgIpc) is 2.60. The molecule has 0 atom stereocenters. The second kappa shape index (κ2) is 5.70. The van der Waals surface area contributed by atoms with Crippen LogP contribution >= 0.6 is 11.3 Å². The molecule has 0 unspecified atom stereocenters. The normalized spacial score (nSPS) is 11.6. The fourth-order valence-electron chi connectivity index (χ4n) is 1.34. The first-order valence-corrected chi connectivity index (χ1v) is 5.88. The predicted molar refractivity (Wildman–Crippen MR) is 65.4 cm³/mol. The van der Waals surface area contributed by atoms with E-state index in [9.17, 15) is 0 Å². The van der Waals surface area contributed by atoms with Crippen molar-refractivity contribution >= 4 is 17.3 Å². The number of aryl methyl sites for hydroxylation is 1. The van der Waals surface area contributed by atoms with Crippen LogP contribution in [0.25, 0.3) is 0 Å². The number of thiazole rings is 1. The van der Waals surface area contributed by atoms with Crippen LogP contribution in [0, 0.1) is 6.92 Å². The van der Waals surface area contributed by atoms with Gasteiger partial charge in [0.05, 0.1) is 17.2 Å². The van der Waals surface area contributed by atoms with Gasteiger partial charge in [0.15, 0.2) is 5.96 Å². The molecule has 0 amide bonds. The summed E-state index contributed by atoms with van der Waals surface area (Å²) >= 11 is 1.68. The van der Waals surface area contributed by atoms with Gasteiger partial charge in [-0.05, 0) is 13.8 Å². The number of hydrogen-bond acceptors (Lipinski definition) is 3. The molecule has 84 valence electrons. The molecule has 1 heterocycles. The number of hydrogen-bond donors (Lipinski definition) is 1. The third-order valence-electron chi connectivity index (χ3n) is 1.97.